The first-order chi connectivity index (χ1) is 8.89. The van der Waals surface area contributed by atoms with Crippen molar-refractivity contribution in [2.45, 2.75) is 38.7 Å². The summed E-state index contributed by atoms with van der Waals surface area (Å²) in [6, 6.07) is 5.23. The zero-order chi connectivity index (χ0) is 14.0. The van der Waals surface area contributed by atoms with Crippen LogP contribution in [0.5, 0.6) is 0 Å². The molecular weight excluding hydrogens is 242 g/mol. The summed E-state index contributed by atoms with van der Waals surface area (Å²) in [7, 11) is 0. The van der Waals surface area contributed by atoms with Gasteiger partial charge in [-0.05, 0) is 56.9 Å². The maximum Gasteiger partial charge on any atom is 0.335 e. The minimum atomic E-state index is -0.895. The van der Waals surface area contributed by atoms with Crippen LogP contribution in [0.15, 0.2) is 18.2 Å². The Balaban J connectivity index is 2.20. The van der Waals surface area contributed by atoms with Crippen LogP contribution in [-0.2, 0) is 0 Å². The Morgan fingerprint density at radius 3 is 2.68 bits per heavy atom. The lowest BCUT2D eigenvalue weighted by molar-refractivity contribution is 0.0481. The molecule has 0 spiro atoms. The normalized spacial score (nSPS) is 24.1. The van der Waals surface area contributed by atoms with E-state index < -0.39 is 11.6 Å². The van der Waals surface area contributed by atoms with Gasteiger partial charge in [0, 0.05) is 18.8 Å². The zero-order valence-electron chi connectivity index (χ0n) is 11.5. The first kappa shape index (κ1) is 13.9. The van der Waals surface area contributed by atoms with E-state index in [0.717, 1.165) is 43.6 Å². The van der Waals surface area contributed by atoms with Crippen LogP contribution in [0.4, 0.5) is 5.69 Å². The Hall–Kier alpha value is -1.55. The molecule has 1 atom stereocenters. The lowest BCUT2D eigenvalue weighted by atomic mass is 9.98. The molecule has 1 aliphatic heterocycles. The summed E-state index contributed by atoms with van der Waals surface area (Å²) in [6.45, 7) is 5.53. The monoisotopic (exact) mass is 263 g/mol. The Labute approximate surface area is 113 Å². The van der Waals surface area contributed by atoms with E-state index in [2.05, 4.69) is 4.90 Å². The summed E-state index contributed by atoms with van der Waals surface area (Å²) in [6.07, 6.45) is 2.51. The third kappa shape index (κ3) is 3.26. The molecule has 104 valence electrons. The number of benzene rings is 1. The average molecular weight is 263 g/mol. The predicted molar refractivity (Wildman–Crippen MR) is 74.8 cm³/mol. The molecular formula is C15H21NO3. The maximum atomic E-state index is 10.9. The van der Waals surface area contributed by atoms with Gasteiger partial charge in [-0.2, -0.15) is 0 Å². The summed E-state index contributed by atoms with van der Waals surface area (Å²) in [4.78, 5) is 13.2. The van der Waals surface area contributed by atoms with Crippen LogP contribution in [0.25, 0.3) is 0 Å². The molecule has 1 heterocycles. The highest BCUT2D eigenvalue weighted by molar-refractivity contribution is 5.88. The fourth-order valence-corrected chi connectivity index (χ4v) is 2.65. The van der Waals surface area contributed by atoms with E-state index in [1.54, 1.807) is 12.1 Å². The van der Waals surface area contributed by atoms with Crippen LogP contribution < -0.4 is 4.90 Å². The molecule has 1 aliphatic rings. The molecule has 0 bridgehead atoms. The van der Waals surface area contributed by atoms with Gasteiger partial charge in [0.1, 0.15) is 0 Å². The fourth-order valence-electron chi connectivity index (χ4n) is 2.65. The van der Waals surface area contributed by atoms with E-state index in [-0.39, 0.29) is 0 Å². The van der Waals surface area contributed by atoms with Crippen LogP contribution >= 0.6 is 0 Å². The van der Waals surface area contributed by atoms with Crippen molar-refractivity contribution in [3.63, 3.8) is 0 Å². The summed E-state index contributed by atoms with van der Waals surface area (Å²) in [5.74, 6) is -0.895. The third-order valence-corrected chi connectivity index (χ3v) is 3.85. The Bertz CT molecular complexity index is 482. The van der Waals surface area contributed by atoms with E-state index in [1.165, 1.54) is 0 Å². The van der Waals surface area contributed by atoms with Crippen LogP contribution in [0.2, 0.25) is 0 Å². The molecule has 1 unspecified atom stereocenters. The van der Waals surface area contributed by atoms with Crippen molar-refractivity contribution in [2.75, 3.05) is 18.0 Å². The van der Waals surface area contributed by atoms with E-state index in [4.69, 9.17) is 5.11 Å². The van der Waals surface area contributed by atoms with Gasteiger partial charge in [-0.1, -0.05) is 0 Å². The van der Waals surface area contributed by atoms with Gasteiger partial charge in [0.2, 0.25) is 0 Å². The quantitative estimate of drug-likeness (QED) is 0.860. The molecule has 0 amide bonds. The van der Waals surface area contributed by atoms with Crippen molar-refractivity contribution in [1.82, 2.24) is 0 Å². The van der Waals surface area contributed by atoms with Gasteiger partial charge in [-0.15, -0.1) is 0 Å². The molecule has 2 rings (SSSR count). The minimum Gasteiger partial charge on any atom is -0.478 e. The smallest absolute Gasteiger partial charge is 0.335 e. The van der Waals surface area contributed by atoms with Crippen molar-refractivity contribution in [1.29, 1.82) is 0 Å². The van der Waals surface area contributed by atoms with Gasteiger partial charge in [-0.25, -0.2) is 4.79 Å². The van der Waals surface area contributed by atoms with Crippen molar-refractivity contribution in [3.05, 3.63) is 29.3 Å². The standard InChI is InChI=1S/C15H21NO3/c1-11-10-12(14(17)18)4-5-13(11)16-8-3-6-15(2,19)7-9-16/h4-5,10,19H,3,6-9H2,1-2H3,(H,17,18). The number of rotatable bonds is 2. The minimum absolute atomic E-state index is 0.322. The summed E-state index contributed by atoms with van der Waals surface area (Å²) >= 11 is 0. The first-order valence-corrected chi connectivity index (χ1v) is 6.70. The van der Waals surface area contributed by atoms with Gasteiger partial charge in [-0.3, -0.25) is 0 Å². The number of hydrogen-bond acceptors (Lipinski definition) is 3. The van der Waals surface area contributed by atoms with Gasteiger partial charge in [0.15, 0.2) is 0 Å². The summed E-state index contributed by atoms with van der Waals surface area (Å²) in [5, 5.41) is 19.1. The fraction of sp³-hybridized carbons (Fsp3) is 0.533. The van der Waals surface area contributed by atoms with Crippen molar-refractivity contribution in [2.24, 2.45) is 0 Å². The molecule has 0 aliphatic carbocycles. The lowest BCUT2D eigenvalue weighted by Crippen LogP contribution is -2.28. The van der Waals surface area contributed by atoms with Crippen LogP contribution in [-0.4, -0.2) is 34.9 Å². The molecule has 2 N–H and O–H groups in total. The number of anilines is 1. The largest absolute Gasteiger partial charge is 0.478 e. The number of nitrogens with zero attached hydrogens (tertiary/aromatic N) is 1. The highest BCUT2D eigenvalue weighted by atomic mass is 16.4. The zero-order valence-corrected chi connectivity index (χ0v) is 11.5. The van der Waals surface area contributed by atoms with E-state index in [0.29, 0.717) is 5.56 Å². The number of carboxylic acids is 1. The second-order valence-corrected chi connectivity index (χ2v) is 5.64. The van der Waals surface area contributed by atoms with Gasteiger partial charge in [0.25, 0.3) is 0 Å². The van der Waals surface area contributed by atoms with Gasteiger partial charge in [0.05, 0.1) is 11.2 Å². The van der Waals surface area contributed by atoms with E-state index in [1.807, 2.05) is 19.9 Å². The summed E-state index contributed by atoms with van der Waals surface area (Å²) in [5.41, 5.74) is 1.79. The molecule has 4 heteroatoms. The summed E-state index contributed by atoms with van der Waals surface area (Å²) < 4.78 is 0. The van der Waals surface area contributed by atoms with Crippen molar-refractivity contribution >= 4 is 11.7 Å². The highest BCUT2D eigenvalue weighted by Crippen LogP contribution is 2.27. The second-order valence-electron chi connectivity index (χ2n) is 5.64. The second kappa shape index (κ2) is 5.21. The molecule has 0 radical (unpaired) electrons. The molecule has 0 aromatic heterocycles. The molecule has 1 aromatic rings. The maximum absolute atomic E-state index is 10.9. The number of aryl methyl sites for hydroxylation is 1. The van der Waals surface area contributed by atoms with Crippen LogP contribution in [0, 0.1) is 6.92 Å². The van der Waals surface area contributed by atoms with Gasteiger partial charge < -0.3 is 15.1 Å². The SMILES string of the molecule is Cc1cc(C(=O)O)ccc1N1CCCC(C)(O)CC1. The van der Waals surface area contributed by atoms with E-state index in [9.17, 15) is 9.90 Å². The molecule has 1 fully saturated rings. The average Bonchev–Trinajstić information content (AvgIpc) is 2.50. The van der Waals surface area contributed by atoms with Crippen molar-refractivity contribution in [3.8, 4) is 0 Å². The van der Waals surface area contributed by atoms with Crippen LogP contribution in [0.3, 0.4) is 0 Å². The molecule has 1 aromatic carbocycles. The number of hydrogen-bond donors (Lipinski definition) is 2. The van der Waals surface area contributed by atoms with Crippen LogP contribution in [0.1, 0.15) is 42.1 Å². The molecule has 4 nitrogen and oxygen atoms in total. The Kier molecular flexibility index (Phi) is 3.80. The van der Waals surface area contributed by atoms with Gasteiger partial charge >= 0.3 is 5.97 Å². The number of carboxylic acid groups (broad SMARTS) is 1. The Morgan fingerprint density at radius 1 is 1.32 bits per heavy atom. The van der Waals surface area contributed by atoms with Crippen molar-refractivity contribution < 1.29 is 15.0 Å². The lowest BCUT2D eigenvalue weighted by Gasteiger charge is -2.26. The Morgan fingerprint density at radius 2 is 2.05 bits per heavy atom. The topological polar surface area (TPSA) is 60.8 Å². The third-order valence-electron chi connectivity index (χ3n) is 3.85. The predicted octanol–water partition coefficient (Wildman–Crippen LogP) is 2.43. The number of aromatic carboxylic acids is 1. The molecule has 19 heavy (non-hydrogen) atoms. The first-order valence-electron chi connectivity index (χ1n) is 6.70. The van der Waals surface area contributed by atoms with E-state index >= 15 is 0 Å². The number of aliphatic hydroxyl groups is 1. The molecule has 1 saturated heterocycles. The highest BCUT2D eigenvalue weighted by Gasteiger charge is 2.25. The number of carbonyl (C=O) groups is 1. The molecule has 0 saturated carbocycles.